The molecule has 2 N–H and O–H groups in total. The van der Waals surface area contributed by atoms with Gasteiger partial charge >= 0.3 is 0 Å². The van der Waals surface area contributed by atoms with Crippen molar-refractivity contribution in [2.24, 2.45) is 5.73 Å². The third-order valence-corrected chi connectivity index (χ3v) is 4.48. The van der Waals surface area contributed by atoms with Crippen LogP contribution in [0, 0.1) is 12.7 Å². The van der Waals surface area contributed by atoms with Crippen molar-refractivity contribution in [3.05, 3.63) is 63.9 Å². The summed E-state index contributed by atoms with van der Waals surface area (Å²) in [6.07, 6.45) is 0. The molecule has 0 amide bonds. The summed E-state index contributed by atoms with van der Waals surface area (Å²) in [7, 11) is 0. The molecular formula is C16H17ClFNS. The van der Waals surface area contributed by atoms with Gasteiger partial charge in [0.15, 0.2) is 0 Å². The second-order valence-electron chi connectivity index (χ2n) is 4.84. The standard InChI is InChI=1S/C16H17ClFNS/c1-10-7-16(14(11(2)19)8-15(10)18)20-9-12-3-5-13(17)6-4-12/h3-8,11H,9,19H2,1-2H3. The van der Waals surface area contributed by atoms with Gasteiger partial charge in [0.2, 0.25) is 0 Å². The molecule has 0 aliphatic carbocycles. The van der Waals surface area contributed by atoms with Gasteiger partial charge in [0.05, 0.1) is 0 Å². The minimum absolute atomic E-state index is 0.183. The predicted molar refractivity (Wildman–Crippen MR) is 84.8 cm³/mol. The smallest absolute Gasteiger partial charge is 0.126 e. The van der Waals surface area contributed by atoms with Crippen LogP contribution in [0.3, 0.4) is 0 Å². The van der Waals surface area contributed by atoms with Crippen LogP contribution < -0.4 is 5.73 Å². The zero-order valence-corrected chi connectivity index (χ0v) is 13.1. The van der Waals surface area contributed by atoms with E-state index in [1.165, 1.54) is 5.56 Å². The zero-order valence-electron chi connectivity index (χ0n) is 11.5. The van der Waals surface area contributed by atoms with Crippen LogP contribution in [0.5, 0.6) is 0 Å². The van der Waals surface area contributed by atoms with Gasteiger partial charge in [0.1, 0.15) is 5.82 Å². The van der Waals surface area contributed by atoms with E-state index in [2.05, 4.69) is 0 Å². The highest BCUT2D eigenvalue weighted by Gasteiger charge is 2.11. The van der Waals surface area contributed by atoms with Crippen LogP contribution in [0.25, 0.3) is 0 Å². The molecule has 0 spiro atoms. The quantitative estimate of drug-likeness (QED) is 0.795. The zero-order chi connectivity index (χ0) is 14.7. The molecule has 0 aromatic heterocycles. The molecule has 4 heteroatoms. The summed E-state index contributed by atoms with van der Waals surface area (Å²) >= 11 is 7.54. The summed E-state index contributed by atoms with van der Waals surface area (Å²) in [6.45, 7) is 3.64. The average molecular weight is 310 g/mol. The Bertz CT molecular complexity index is 596. The molecule has 0 radical (unpaired) electrons. The molecule has 2 rings (SSSR count). The molecule has 2 aromatic carbocycles. The Balaban J connectivity index is 2.20. The van der Waals surface area contributed by atoms with Crippen molar-refractivity contribution in [2.45, 2.75) is 30.5 Å². The fraction of sp³-hybridized carbons (Fsp3) is 0.250. The van der Waals surface area contributed by atoms with Gasteiger partial charge in [-0.1, -0.05) is 23.7 Å². The second kappa shape index (κ2) is 6.61. The lowest BCUT2D eigenvalue weighted by atomic mass is 10.1. The Morgan fingerprint density at radius 3 is 2.50 bits per heavy atom. The average Bonchev–Trinajstić information content (AvgIpc) is 2.41. The molecular weight excluding hydrogens is 293 g/mol. The number of rotatable bonds is 4. The number of aryl methyl sites for hydroxylation is 1. The number of hydrogen-bond donors (Lipinski definition) is 1. The van der Waals surface area contributed by atoms with Crippen LogP contribution in [0.2, 0.25) is 5.02 Å². The molecule has 0 aliphatic rings. The Kier molecular flexibility index (Phi) is 5.08. The first-order valence-electron chi connectivity index (χ1n) is 6.40. The molecule has 106 valence electrons. The van der Waals surface area contributed by atoms with Crippen LogP contribution in [-0.2, 0) is 5.75 Å². The van der Waals surface area contributed by atoms with E-state index in [0.29, 0.717) is 5.56 Å². The third kappa shape index (κ3) is 3.75. The van der Waals surface area contributed by atoms with Gasteiger partial charge in [-0.3, -0.25) is 0 Å². The van der Waals surface area contributed by atoms with Gasteiger partial charge in [-0.15, -0.1) is 11.8 Å². The summed E-state index contributed by atoms with van der Waals surface area (Å²) in [5, 5.41) is 0.729. The molecule has 1 nitrogen and oxygen atoms in total. The molecule has 2 aromatic rings. The van der Waals surface area contributed by atoms with Crippen LogP contribution in [0.4, 0.5) is 4.39 Å². The van der Waals surface area contributed by atoms with E-state index in [0.717, 1.165) is 21.2 Å². The Labute approximate surface area is 128 Å². The number of hydrogen-bond acceptors (Lipinski definition) is 2. The summed E-state index contributed by atoms with van der Waals surface area (Å²) < 4.78 is 13.6. The van der Waals surface area contributed by atoms with E-state index in [9.17, 15) is 4.39 Å². The monoisotopic (exact) mass is 309 g/mol. The highest BCUT2D eigenvalue weighted by Crippen LogP contribution is 2.31. The molecule has 1 unspecified atom stereocenters. The van der Waals surface area contributed by atoms with Crippen LogP contribution >= 0.6 is 23.4 Å². The highest BCUT2D eigenvalue weighted by atomic mass is 35.5. The lowest BCUT2D eigenvalue weighted by molar-refractivity contribution is 0.610. The van der Waals surface area contributed by atoms with Crippen molar-refractivity contribution < 1.29 is 4.39 Å². The van der Waals surface area contributed by atoms with Crippen LogP contribution in [0.1, 0.15) is 29.7 Å². The molecule has 0 aliphatic heterocycles. The van der Waals surface area contributed by atoms with Gasteiger partial charge in [0, 0.05) is 21.7 Å². The summed E-state index contributed by atoms with van der Waals surface area (Å²) in [5.74, 6) is 0.607. The maximum atomic E-state index is 13.6. The molecule has 0 saturated carbocycles. The number of benzene rings is 2. The molecule has 0 heterocycles. The van der Waals surface area contributed by atoms with E-state index < -0.39 is 0 Å². The topological polar surface area (TPSA) is 26.0 Å². The second-order valence-corrected chi connectivity index (χ2v) is 6.30. The number of nitrogens with two attached hydrogens (primary N) is 1. The SMILES string of the molecule is Cc1cc(SCc2ccc(Cl)cc2)c(C(C)N)cc1F. The van der Waals surface area contributed by atoms with Crippen molar-refractivity contribution in [2.75, 3.05) is 0 Å². The third-order valence-electron chi connectivity index (χ3n) is 3.09. The molecule has 0 saturated heterocycles. The lowest BCUT2D eigenvalue weighted by Crippen LogP contribution is -2.07. The van der Waals surface area contributed by atoms with E-state index in [1.807, 2.05) is 37.3 Å². The fourth-order valence-corrected chi connectivity index (χ4v) is 3.21. The van der Waals surface area contributed by atoms with Crippen molar-refractivity contribution >= 4 is 23.4 Å². The number of thioether (sulfide) groups is 1. The van der Waals surface area contributed by atoms with Gasteiger partial charge in [-0.25, -0.2) is 4.39 Å². The highest BCUT2D eigenvalue weighted by molar-refractivity contribution is 7.98. The van der Waals surface area contributed by atoms with E-state index in [1.54, 1.807) is 24.8 Å². The first-order chi connectivity index (χ1) is 9.47. The first kappa shape index (κ1) is 15.4. The van der Waals surface area contributed by atoms with Crippen molar-refractivity contribution in [3.8, 4) is 0 Å². The largest absolute Gasteiger partial charge is 0.324 e. The maximum Gasteiger partial charge on any atom is 0.126 e. The van der Waals surface area contributed by atoms with Crippen molar-refractivity contribution in [1.82, 2.24) is 0 Å². The van der Waals surface area contributed by atoms with E-state index in [4.69, 9.17) is 17.3 Å². The maximum absolute atomic E-state index is 13.6. The van der Waals surface area contributed by atoms with E-state index >= 15 is 0 Å². The normalized spacial score (nSPS) is 12.4. The predicted octanol–water partition coefficient (Wildman–Crippen LogP) is 5.10. The van der Waals surface area contributed by atoms with Gasteiger partial charge < -0.3 is 5.73 Å². The fourth-order valence-electron chi connectivity index (χ4n) is 1.89. The first-order valence-corrected chi connectivity index (χ1v) is 7.76. The van der Waals surface area contributed by atoms with Gasteiger partial charge in [0.25, 0.3) is 0 Å². The lowest BCUT2D eigenvalue weighted by Gasteiger charge is -2.14. The van der Waals surface area contributed by atoms with Crippen LogP contribution in [0.15, 0.2) is 41.3 Å². The minimum atomic E-state index is -0.201. The molecule has 1 atom stereocenters. The van der Waals surface area contributed by atoms with Gasteiger partial charge in [-0.05, 0) is 54.8 Å². The molecule has 0 fully saturated rings. The minimum Gasteiger partial charge on any atom is -0.324 e. The van der Waals surface area contributed by atoms with Gasteiger partial charge in [-0.2, -0.15) is 0 Å². The molecule has 20 heavy (non-hydrogen) atoms. The Morgan fingerprint density at radius 1 is 1.25 bits per heavy atom. The Morgan fingerprint density at radius 2 is 1.90 bits per heavy atom. The Hall–Kier alpha value is -1.03. The number of halogens is 2. The summed E-state index contributed by atoms with van der Waals surface area (Å²) in [5.41, 5.74) is 8.60. The summed E-state index contributed by atoms with van der Waals surface area (Å²) in [6, 6.07) is 11.0. The van der Waals surface area contributed by atoms with Crippen molar-refractivity contribution in [3.63, 3.8) is 0 Å². The van der Waals surface area contributed by atoms with Crippen LogP contribution in [-0.4, -0.2) is 0 Å². The summed E-state index contributed by atoms with van der Waals surface area (Å²) in [4.78, 5) is 1.04. The van der Waals surface area contributed by atoms with Crippen molar-refractivity contribution in [1.29, 1.82) is 0 Å². The molecule has 0 bridgehead atoms. The van der Waals surface area contributed by atoms with E-state index in [-0.39, 0.29) is 11.9 Å².